The SMILES string of the molecule is Cc1ccccc1OCc1nc(C(=O)O)c2cc(O)ccn12. The van der Waals surface area contributed by atoms with E-state index in [-0.39, 0.29) is 18.1 Å². The summed E-state index contributed by atoms with van der Waals surface area (Å²) < 4.78 is 7.31. The van der Waals surface area contributed by atoms with Crippen LogP contribution in [0.2, 0.25) is 0 Å². The minimum atomic E-state index is -1.15. The van der Waals surface area contributed by atoms with Crippen molar-refractivity contribution >= 4 is 11.5 Å². The maximum Gasteiger partial charge on any atom is 0.356 e. The van der Waals surface area contributed by atoms with Gasteiger partial charge in [0, 0.05) is 12.3 Å². The smallest absolute Gasteiger partial charge is 0.356 e. The molecule has 0 saturated carbocycles. The van der Waals surface area contributed by atoms with Crippen molar-refractivity contribution in [2.75, 3.05) is 0 Å². The molecule has 0 radical (unpaired) electrons. The Hall–Kier alpha value is -3.02. The number of rotatable bonds is 4. The van der Waals surface area contributed by atoms with Crippen LogP contribution < -0.4 is 4.74 Å². The molecule has 2 aromatic heterocycles. The summed E-state index contributed by atoms with van der Waals surface area (Å²) in [4.78, 5) is 15.4. The van der Waals surface area contributed by atoms with Gasteiger partial charge in [0.05, 0.1) is 5.52 Å². The second kappa shape index (κ2) is 5.40. The lowest BCUT2D eigenvalue weighted by molar-refractivity contribution is 0.0693. The van der Waals surface area contributed by atoms with Crippen molar-refractivity contribution in [3.63, 3.8) is 0 Å². The van der Waals surface area contributed by atoms with Gasteiger partial charge < -0.3 is 14.9 Å². The zero-order chi connectivity index (χ0) is 15.7. The third kappa shape index (κ3) is 2.46. The van der Waals surface area contributed by atoms with Crippen molar-refractivity contribution in [2.45, 2.75) is 13.5 Å². The normalized spacial score (nSPS) is 10.8. The highest BCUT2D eigenvalue weighted by atomic mass is 16.5. The summed E-state index contributed by atoms with van der Waals surface area (Å²) >= 11 is 0. The number of ether oxygens (including phenoxy) is 1. The molecule has 0 saturated heterocycles. The van der Waals surface area contributed by atoms with Crippen LogP contribution in [0.5, 0.6) is 11.5 Å². The number of aromatic hydroxyl groups is 1. The molecule has 112 valence electrons. The fraction of sp³-hybridized carbons (Fsp3) is 0.125. The molecular formula is C16H14N2O4. The lowest BCUT2D eigenvalue weighted by Gasteiger charge is -2.08. The topological polar surface area (TPSA) is 84.1 Å². The van der Waals surface area contributed by atoms with Crippen LogP contribution in [-0.4, -0.2) is 25.6 Å². The van der Waals surface area contributed by atoms with Gasteiger partial charge in [-0.05, 0) is 24.6 Å². The van der Waals surface area contributed by atoms with Gasteiger partial charge in [-0.1, -0.05) is 18.2 Å². The second-order valence-electron chi connectivity index (χ2n) is 4.88. The van der Waals surface area contributed by atoms with E-state index in [9.17, 15) is 15.0 Å². The minimum Gasteiger partial charge on any atom is -0.508 e. The van der Waals surface area contributed by atoms with E-state index in [0.717, 1.165) is 11.3 Å². The molecule has 0 unspecified atom stereocenters. The highest BCUT2D eigenvalue weighted by molar-refractivity contribution is 5.94. The number of aromatic nitrogens is 2. The van der Waals surface area contributed by atoms with Crippen molar-refractivity contribution < 1.29 is 19.7 Å². The number of aromatic carboxylic acids is 1. The molecule has 3 aromatic rings. The second-order valence-corrected chi connectivity index (χ2v) is 4.88. The summed E-state index contributed by atoms with van der Waals surface area (Å²) in [5, 5.41) is 18.7. The summed E-state index contributed by atoms with van der Waals surface area (Å²) in [7, 11) is 0. The van der Waals surface area contributed by atoms with Gasteiger partial charge in [-0.25, -0.2) is 9.78 Å². The zero-order valence-electron chi connectivity index (χ0n) is 11.9. The third-order valence-corrected chi connectivity index (χ3v) is 3.35. The Morgan fingerprint density at radius 3 is 2.82 bits per heavy atom. The molecule has 2 heterocycles. The Labute approximate surface area is 126 Å². The molecule has 3 rings (SSSR count). The number of imidazole rings is 1. The van der Waals surface area contributed by atoms with Gasteiger partial charge >= 0.3 is 5.97 Å². The number of carboxylic acid groups (broad SMARTS) is 1. The number of carbonyl (C=O) groups is 1. The molecule has 0 atom stereocenters. The van der Waals surface area contributed by atoms with Gasteiger partial charge in [0.1, 0.15) is 18.1 Å². The quantitative estimate of drug-likeness (QED) is 0.773. The number of para-hydroxylation sites is 1. The van der Waals surface area contributed by atoms with Crippen LogP contribution in [-0.2, 0) is 6.61 Å². The molecule has 22 heavy (non-hydrogen) atoms. The summed E-state index contributed by atoms with van der Waals surface area (Å²) in [5.41, 5.74) is 1.20. The molecule has 0 aliphatic carbocycles. The van der Waals surface area contributed by atoms with Gasteiger partial charge in [0.15, 0.2) is 11.5 Å². The maximum absolute atomic E-state index is 11.3. The van der Waals surface area contributed by atoms with Crippen molar-refractivity contribution in [1.82, 2.24) is 9.38 Å². The molecule has 0 spiro atoms. The van der Waals surface area contributed by atoms with E-state index >= 15 is 0 Å². The number of fused-ring (bicyclic) bond motifs is 1. The molecule has 6 nitrogen and oxygen atoms in total. The van der Waals surface area contributed by atoms with Gasteiger partial charge in [0.2, 0.25) is 0 Å². The van der Waals surface area contributed by atoms with E-state index in [1.54, 1.807) is 10.6 Å². The van der Waals surface area contributed by atoms with Gasteiger partial charge in [-0.3, -0.25) is 4.40 Å². The minimum absolute atomic E-state index is 0.0127. The van der Waals surface area contributed by atoms with Gasteiger partial charge in [-0.2, -0.15) is 0 Å². The van der Waals surface area contributed by atoms with Crippen LogP contribution in [0.1, 0.15) is 21.9 Å². The number of carboxylic acids is 1. The molecule has 0 amide bonds. The fourth-order valence-electron chi connectivity index (χ4n) is 2.26. The van der Waals surface area contributed by atoms with Crippen molar-refractivity contribution in [3.05, 3.63) is 59.7 Å². The zero-order valence-corrected chi connectivity index (χ0v) is 11.9. The first kappa shape index (κ1) is 13.9. The number of benzene rings is 1. The van der Waals surface area contributed by atoms with Crippen molar-refractivity contribution in [3.8, 4) is 11.5 Å². The van der Waals surface area contributed by atoms with E-state index in [4.69, 9.17) is 4.74 Å². The summed E-state index contributed by atoms with van der Waals surface area (Å²) in [6.07, 6.45) is 1.57. The number of nitrogens with zero attached hydrogens (tertiary/aromatic N) is 2. The number of aryl methyl sites for hydroxylation is 1. The number of hydrogen-bond donors (Lipinski definition) is 2. The predicted molar refractivity (Wildman–Crippen MR) is 79.3 cm³/mol. The van der Waals surface area contributed by atoms with E-state index < -0.39 is 5.97 Å². The Morgan fingerprint density at radius 1 is 1.32 bits per heavy atom. The Balaban J connectivity index is 1.97. The van der Waals surface area contributed by atoms with Gasteiger partial charge in [-0.15, -0.1) is 0 Å². The molecular weight excluding hydrogens is 284 g/mol. The van der Waals surface area contributed by atoms with E-state index in [1.165, 1.54) is 12.1 Å². The fourth-order valence-corrected chi connectivity index (χ4v) is 2.26. The highest BCUT2D eigenvalue weighted by Crippen LogP contribution is 2.21. The maximum atomic E-state index is 11.3. The lowest BCUT2D eigenvalue weighted by atomic mass is 10.2. The van der Waals surface area contributed by atoms with Gasteiger partial charge in [0.25, 0.3) is 0 Å². The predicted octanol–water partition coefficient (Wildman–Crippen LogP) is 2.63. The largest absolute Gasteiger partial charge is 0.508 e. The van der Waals surface area contributed by atoms with Crippen molar-refractivity contribution in [2.24, 2.45) is 0 Å². The first-order valence-electron chi connectivity index (χ1n) is 6.68. The summed E-state index contributed by atoms with van der Waals surface area (Å²) in [5.74, 6) is 0.0112. The average molecular weight is 298 g/mol. The molecule has 0 fully saturated rings. The molecule has 0 aliphatic heterocycles. The third-order valence-electron chi connectivity index (χ3n) is 3.35. The van der Waals surface area contributed by atoms with E-state index in [2.05, 4.69) is 4.98 Å². The number of hydrogen-bond acceptors (Lipinski definition) is 4. The van der Waals surface area contributed by atoms with Crippen LogP contribution in [0.3, 0.4) is 0 Å². The Morgan fingerprint density at radius 2 is 2.09 bits per heavy atom. The first-order valence-corrected chi connectivity index (χ1v) is 6.68. The average Bonchev–Trinajstić information content (AvgIpc) is 2.84. The van der Waals surface area contributed by atoms with E-state index in [0.29, 0.717) is 11.3 Å². The lowest BCUT2D eigenvalue weighted by Crippen LogP contribution is -2.02. The van der Waals surface area contributed by atoms with E-state index in [1.807, 2.05) is 31.2 Å². The monoisotopic (exact) mass is 298 g/mol. The van der Waals surface area contributed by atoms with Crippen LogP contribution in [0, 0.1) is 6.92 Å². The molecule has 6 heteroatoms. The van der Waals surface area contributed by atoms with Crippen LogP contribution in [0.15, 0.2) is 42.6 Å². The Kier molecular flexibility index (Phi) is 3.42. The van der Waals surface area contributed by atoms with Crippen LogP contribution in [0.25, 0.3) is 5.52 Å². The molecule has 0 aliphatic rings. The Bertz CT molecular complexity index is 854. The summed E-state index contributed by atoms with van der Waals surface area (Å²) in [6.45, 7) is 2.06. The highest BCUT2D eigenvalue weighted by Gasteiger charge is 2.17. The number of pyridine rings is 1. The molecule has 2 N–H and O–H groups in total. The van der Waals surface area contributed by atoms with Crippen molar-refractivity contribution in [1.29, 1.82) is 0 Å². The standard InChI is InChI=1S/C16H14N2O4/c1-10-4-2-3-5-13(10)22-9-14-17-15(16(20)21)12-8-11(19)6-7-18(12)14/h2-8,19H,9H2,1H3,(H,20,21). The van der Waals surface area contributed by atoms with Crippen LogP contribution >= 0.6 is 0 Å². The summed E-state index contributed by atoms with van der Waals surface area (Å²) in [6, 6.07) is 10.4. The first-order chi connectivity index (χ1) is 10.6. The molecule has 0 bridgehead atoms. The van der Waals surface area contributed by atoms with Crippen LogP contribution in [0.4, 0.5) is 0 Å². The molecule has 1 aromatic carbocycles.